The van der Waals surface area contributed by atoms with Crippen LogP contribution in [0.1, 0.15) is 10.4 Å². The SMILES string of the molecule is C=[O+]c1ncc(NC(=O)C(=O)O)cc1C(N)=O. The van der Waals surface area contributed by atoms with Crippen molar-refractivity contribution in [1.29, 1.82) is 0 Å². The van der Waals surface area contributed by atoms with Crippen LogP contribution in [-0.2, 0) is 14.0 Å². The second kappa shape index (κ2) is 4.84. The first-order valence-electron chi connectivity index (χ1n) is 4.22. The number of carbonyl (C=O) groups excluding carboxylic acids is 3. The van der Waals surface area contributed by atoms with Gasteiger partial charge in [-0.1, -0.05) is 0 Å². The van der Waals surface area contributed by atoms with E-state index in [-0.39, 0.29) is 17.1 Å². The normalized spacial score (nSPS) is 9.41. The van der Waals surface area contributed by atoms with E-state index in [1.807, 2.05) is 5.32 Å². The molecule has 0 saturated heterocycles. The Morgan fingerprint density at radius 3 is 2.59 bits per heavy atom. The number of amides is 2. The Morgan fingerprint density at radius 1 is 1.47 bits per heavy atom. The van der Waals surface area contributed by atoms with Gasteiger partial charge in [0.1, 0.15) is 0 Å². The average molecular weight is 238 g/mol. The highest BCUT2D eigenvalue weighted by atomic mass is 16.4. The van der Waals surface area contributed by atoms with E-state index < -0.39 is 17.8 Å². The van der Waals surface area contributed by atoms with E-state index in [2.05, 4.69) is 16.2 Å². The number of carboxylic acid groups (broad SMARTS) is 1. The van der Waals surface area contributed by atoms with Crippen LogP contribution in [0.15, 0.2) is 12.3 Å². The van der Waals surface area contributed by atoms with E-state index in [9.17, 15) is 14.4 Å². The fraction of sp³-hybridized carbons (Fsp3) is 0. The van der Waals surface area contributed by atoms with E-state index in [0.717, 1.165) is 12.3 Å². The minimum Gasteiger partial charge on any atom is -0.474 e. The van der Waals surface area contributed by atoms with Crippen molar-refractivity contribution in [3.05, 3.63) is 17.8 Å². The summed E-state index contributed by atoms with van der Waals surface area (Å²) in [5.74, 6) is -3.89. The van der Waals surface area contributed by atoms with Crippen molar-refractivity contribution in [3.63, 3.8) is 0 Å². The average Bonchev–Trinajstić information content (AvgIpc) is 2.28. The molecule has 1 rings (SSSR count). The van der Waals surface area contributed by atoms with Crippen molar-refractivity contribution >= 4 is 30.3 Å². The molecule has 2 amide bonds. The van der Waals surface area contributed by atoms with Gasteiger partial charge >= 0.3 is 17.8 Å². The maximum absolute atomic E-state index is 11.0. The first kappa shape index (κ1) is 12.3. The second-order valence-corrected chi connectivity index (χ2v) is 2.84. The molecule has 0 spiro atoms. The summed E-state index contributed by atoms with van der Waals surface area (Å²) >= 11 is 0. The molecule has 8 nitrogen and oxygen atoms in total. The van der Waals surface area contributed by atoms with Gasteiger partial charge in [0, 0.05) is 0 Å². The molecule has 1 heterocycles. The lowest BCUT2D eigenvalue weighted by Crippen LogP contribution is -2.22. The first-order chi connectivity index (χ1) is 7.95. The zero-order chi connectivity index (χ0) is 13.0. The van der Waals surface area contributed by atoms with Crippen LogP contribution < -0.4 is 11.1 Å². The number of aromatic nitrogens is 1. The molecule has 0 unspecified atom stereocenters. The molecular formula is C9H8N3O5+. The van der Waals surface area contributed by atoms with Gasteiger partial charge in [0.15, 0.2) is 5.56 Å². The molecule has 8 heteroatoms. The van der Waals surface area contributed by atoms with Crippen LogP contribution >= 0.6 is 0 Å². The molecule has 17 heavy (non-hydrogen) atoms. The summed E-state index contributed by atoms with van der Waals surface area (Å²) in [4.78, 5) is 35.8. The number of nitrogens with zero attached hydrogens (tertiary/aromatic N) is 1. The molecule has 0 saturated carbocycles. The van der Waals surface area contributed by atoms with Crippen molar-refractivity contribution in [2.75, 3.05) is 5.32 Å². The zero-order valence-electron chi connectivity index (χ0n) is 8.47. The Balaban J connectivity index is 3.08. The van der Waals surface area contributed by atoms with Gasteiger partial charge in [0.2, 0.25) is 0 Å². The molecular weight excluding hydrogens is 230 g/mol. The number of aliphatic carboxylic acids is 1. The standard InChI is InChI=1S/C9H7N3O5/c1-17-8-5(6(10)13)2-4(3-11-8)12-7(14)9(15)16/h2-3H,1H2,(H3-,10,12,13,14,15,16)/p+1. The van der Waals surface area contributed by atoms with Gasteiger partial charge in [-0.3, -0.25) is 9.59 Å². The summed E-state index contributed by atoms with van der Waals surface area (Å²) in [6.45, 7) is 3.07. The van der Waals surface area contributed by atoms with Crippen LogP contribution in [0, 0.1) is 0 Å². The van der Waals surface area contributed by atoms with Crippen molar-refractivity contribution in [1.82, 2.24) is 4.98 Å². The predicted molar refractivity (Wildman–Crippen MR) is 55.6 cm³/mol. The van der Waals surface area contributed by atoms with Crippen LogP contribution in [0.3, 0.4) is 0 Å². The lowest BCUT2D eigenvalue weighted by atomic mass is 10.2. The summed E-state index contributed by atoms with van der Waals surface area (Å²) in [6.07, 6.45) is 1.10. The number of nitrogens with one attached hydrogen (secondary N) is 1. The predicted octanol–water partition coefficient (Wildman–Crippen LogP) is -0.719. The van der Waals surface area contributed by atoms with E-state index in [1.54, 1.807) is 0 Å². The van der Waals surface area contributed by atoms with E-state index in [0.29, 0.717) is 0 Å². The van der Waals surface area contributed by atoms with Crippen molar-refractivity contribution in [3.8, 4) is 5.88 Å². The maximum Gasteiger partial charge on any atom is 0.464 e. The van der Waals surface area contributed by atoms with E-state index in [1.165, 1.54) is 0 Å². The molecule has 0 aromatic carbocycles. The quantitative estimate of drug-likeness (QED) is 0.472. The monoisotopic (exact) mass is 238 g/mol. The van der Waals surface area contributed by atoms with Crippen LogP contribution in [0.4, 0.5) is 5.69 Å². The van der Waals surface area contributed by atoms with Crippen LogP contribution in [0.2, 0.25) is 0 Å². The summed E-state index contributed by atoms with van der Waals surface area (Å²) in [7, 11) is 0. The lowest BCUT2D eigenvalue weighted by molar-refractivity contribution is -0.360. The number of rotatable bonds is 3. The molecule has 88 valence electrons. The molecule has 0 radical (unpaired) electrons. The minimum absolute atomic E-state index is 0.00648. The molecule has 4 N–H and O–H groups in total. The van der Waals surface area contributed by atoms with Crippen LogP contribution in [0.5, 0.6) is 5.88 Å². The topological polar surface area (TPSA) is 134 Å². The van der Waals surface area contributed by atoms with Crippen molar-refractivity contribution in [2.45, 2.75) is 0 Å². The summed E-state index contributed by atoms with van der Waals surface area (Å²) in [5.41, 5.74) is 4.92. The largest absolute Gasteiger partial charge is 0.474 e. The molecule has 0 atom stereocenters. The molecule has 0 aliphatic rings. The van der Waals surface area contributed by atoms with Gasteiger partial charge in [-0.25, -0.2) is 9.22 Å². The van der Waals surface area contributed by atoms with Crippen LogP contribution in [-0.4, -0.2) is 34.7 Å². The smallest absolute Gasteiger partial charge is 0.464 e. The molecule has 1 aromatic heterocycles. The maximum atomic E-state index is 11.0. The highest BCUT2D eigenvalue weighted by molar-refractivity contribution is 6.36. The van der Waals surface area contributed by atoms with Gasteiger partial charge in [0.25, 0.3) is 12.7 Å². The Hall–Kier alpha value is -2.77. The Kier molecular flexibility index (Phi) is 3.50. The van der Waals surface area contributed by atoms with Crippen LogP contribution in [0.25, 0.3) is 0 Å². The summed E-state index contributed by atoms with van der Waals surface area (Å²) in [6, 6.07) is 1.14. The number of carbonyl (C=O) groups is 3. The van der Waals surface area contributed by atoms with E-state index >= 15 is 0 Å². The molecule has 0 fully saturated rings. The fourth-order valence-corrected chi connectivity index (χ4v) is 0.997. The lowest BCUT2D eigenvalue weighted by Gasteiger charge is -2.01. The Bertz CT molecular complexity index is 511. The molecule has 0 bridgehead atoms. The zero-order valence-corrected chi connectivity index (χ0v) is 8.47. The van der Waals surface area contributed by atoms with E-state index in [4.69, 9.17) is 10.8 Å². The number of anilines is 1. The third-order valence-corrected chi connectivity index (χ3v) is 1.71. The molecule has 1 aromatic rings. The molecule has 0 aliphatic carbocycles. The number of hydrogen-bond donors (Lipinski definition) is 3. The fourth-order valence-electron chi connectivity index (χ4n) is 0.997. The van der Waals surface area contributed by atoms with Gasteiger partial charge in [-0.15, -0.1) is 0 Å². The van der Waals surface area contributed by atoms with Gasteiger partial charge in [-0.05, 0) is 6.07 Å². The number of hydrogen-bond acceptors (Lipinski definition) is 4. The Labute approximate surface area is 94.8 Å². The Morgan fingerprint density at radius 2 is 2.12 bits per heavy atom. The number of nitrogens with two attached hydrogens (primary N) is 1. The first-order valence-corrected chi connectivity index (χ1v) is 4.22. The summed E-state index contributed by atoms with van der Waals surface area (Å²) in [5, 5.41) is 10.4. The second-order valence-electron chi connectivity index (χ2n) is 2.84. The number of pyridine rings is 1. The summed E-state index contributed by atoms with van der Waals surface area (Å²) < 4.78 is 4.52. The highest BCUT2D eigenvalue weighted by Gasteiger charge is 2.20. The molecule has 0 aliphatic heterocycles. The van der Waals surface area contributed by atoms with Gasteiger partial charge in [0.05, 0.1) is 11.9 Å². The van der Waals surface area contributed by atoms with Gasteiger partial charge in [-0.2, -0.15) is 4.98 Å². The third kappa shape index (κ3) is 2.84. The highest BCUT2D eigenvalue weighted by Crippen LogP contribution is 2.18. The third-order valence-electron chi connectivity index (χ3n) is 1.71. The number of carboxylic acids is 1. The minimum atomic E-state index is -1.66. The van der Waals surface area contributed by atoms with Crippen molar-refractivity contribution in [2.24, 2.45) is 5.73 Å². The number of primary amides is 1. The van der Waals surface area contributed by atoms with Gasteiger partial charge < -0.3 is 16.2 Å². The van der Waals surface area contributed by atoms with Crippen molar-refractivity contribution < 1.29 is 23.9 Å².